The van der Waals surface area contributed by atoms with Crippen molar-refractivity contribution < 1.29 is 0 Å². The van der Waals surface area contributed by atoms with E-state index >= 15 is 0 Å². The Morgan fingerprint density at radius 1 is 1.18 bits per heavy atom. The van der Waals surface area contributed by atoms with Gasteiger partial charge in [-0.05, 0) is 39.7 Å². The van der Waals surface area contributed by atoms with E-state index in [0.717, 1.165) is 19.0 Å². The number of hydrogen-bond donors (Lipinski definition) is 2. The van der Waals surface area contributed by atoms with Gasteiger partial charge in [-0.25, -0.2) is 0 Å². The van der Waals surface area contributed by atoms with Crippen LogP contribution in [0.5, 0.6) is 0 Å². The highest BCUT2D eigenvalue weighted by Gasteiger charge is 2.40. The molecule has 0 radical (unpaired) electrons. The van der Waals surface area contributed by atoms with Crippen molar-refractivity contribution in [1.82, 2.24) is 15.5 Å². The summed E-state index contributed by atoms with van der Waals surface area (Å²) in [6.07, 6.45) is 5.70. The fourth-order valence-electron chi connectivity index (χ4n) is 3.89. The quantitative estimate of drug-likeness (QED) is 0.777. The van der Waals surface area contributed by atoms with E-state index in [9.17, 15) is 0 Å². The summed E-state index contributed by atoms with van der Waals surface area (Å²) < 4.78 is 0. The normalized spacial score (nSPS) is 26.3. The molecule has 0 bridgehead atoms. The zero-order chi connectivity index (χ0) is 12.3. The van der Waals surface area contributed by atoms with Crippen molar-refractivity contribution in [1.29, 1.82) is 0 Å². The van der Waals surface area contributed by atoms with Crippen molar-refractivity contribution in [3.8, 4) is 0 Å². The molecule has 2 fully saturated rings. The van der Waals surface area contributed by atoms with E-state index in [2.05, 4.69) is 36.4 Å². The van der Waals surface area contributed by atoms with E-state index < -0.39 is 0 Å². The smallest absolute Gasteiger partial charge is 0.0309 e. The van der Waals surface area contributed by atoms with Crippen molar-refractivity contribution in [2.45, 2.75) is 51.1 Å². The standard InChI is InChI=1S/C14H29N3/c1-14(2,17-10-8-16-9-11-17)13(15-3)12-6-4-5-7-12/h12-13,15-16H,4-11H2,1-3H3. The minimum atomic E-state index is 0.284. The van der Waals surface area contributed by atoms with Crippen LogP contribution in [0.1, 0.15) is 39.5 Å². The van der Waals surface area contributed by atoms with Crippen LogP contribution in [-0.4, -0.2) is 49.7 Å². The molecule has 100 valence electrons. The number of piperazine rings is 1. The number of nitrogens with one attached hydrogen (secondary N) is 2. The lowest BCUT2D eigenvalue weighted by Gasteiger charge is -2.48. The van der Waals surface area contributed by atoms with Gasteiger partial charge in [0.25, 0.3) is 0 Å². The zero-order valence-corrected chi connectivity index (χ0v) is 11.8. The predicted molar refractivity (Wildman–Crippen MR) is 73.3 cm³/mol. The molecule has 0 spiro atoms. The molecule has 1 unspecified atom stereocenters. The maximum atomic E-state index is 3.62. The molecule has 1 heterocycles. The molecule has 17 heavy (non-hydrogen) atoms. The summed E-state index contributed by atoms with van der Waals surface area (Å²) in [6, 6.07) is 0.642. The molecule has 2 rings (SSSR count). The summed E-state index contributed by atoms with van der Waals surface area (Å²) in [7, 11) is 2.15. The van der Waals surface area contributed by atoms with Crippen LogP contribution < -0.4 is 10.6 Å². The first-order valence-corrected chi connectivity index (χ1v) is 7.29. The number of nitrogens with zero attached hydrogens (tertiary/aromatic N) is 1. The molecule has 1 saturated carbocycles. The highest BCUT2D eigenvalue weighted by atomic mass is 15.3. The highest BCUT2D eigenvalue weighted by Crippen LogP contribution is 2.34. The highest BCUT2D eigenvalue weighted by molar-refractivity contribution is 4.98. The molecule has 2 N–H and O–H groups in total. The Labute approximate surface area is 106 Å². The van der Waals surface area contributed by atoms with Crippen LogP contribution in [0.4, 0.5) is 0 Å². The Kier molecular flexibility index (Phi) is 4.45. The minimum absolute atomic E-state index is 0.284. The zero-order valence-electron chi connectivity index (χ0n) is 11.8. The molecule has 2 aliphatic rings. The number of hydrogen-bond acceptors (Lipinski definition) is 3. The Balaban J connectivity index is 2.04. The van der Waals surface area contributed by atoms with Gasteiger partial charge in [0.15, 0.2) is 0 Å². The SMILES string of the molecule is CNC(C1CCCC1)C(C)(C)N1CCNCC1. The molecule has 1 saturated heterocycles. The molecule has 3 nitrogen and oxygen atoms in total. The van der Waals surface area contributed by atoms with Crippen molar-refractivity contribution in [2.75, 3.05) is 33.2 Å². The lowest BCUT2D eigenvalue weighted by atomic mass is 9.81. The van der Waals surface area contributed by atoms with Crippen molar-refractivity contribution in [2.24, 2.45) is 5.92 Å². The lowest BCUT2D eigenvalue weighted by Crippen LogP contribution is -2.63. The first-order chi connectivity index (χ1) is 8.16. The van der Waals surface area contributed by atoms with Gasteiger partial charge in [-0.15, -0.1) is 0 Å². The Hall–Kier alpha value is -0.120. The summed E-state index contributed by atoms with van der Waals surface area (Å²) >= 11 is 0. The Bertz CT molecular complexity index is 228. The van der Waals surface area contributed by atoms with Gasteiger partial charge < -0.3 is 10.6 Å². The van der Waals surface area contributed by atoms with E-state index in [1.165, 1.54) is 38.8 Å². The third-order valence-corrected chi connectivity index (χ3v) is 4.88. The largest absolute Gasteiger partial charge is 0.315 e. The molecular formula is C14H29N3. The Morgan fingerprint density at radius 3 is 2.29 bits per heavy atom. The average molecular weight is 239 g/mol. The van der Waals surface area contributed by atoms with Crippen LogP contribution >= 0.6 is 0 Å². The van der Waals surface area contributed by atoms with Gasteiger partial charge in [0.1, 0.15) is 0 Å². The summed E-state index contributed by atoms with van der Waals surface area (Å²) in [6.45, 7) is 9.53. The van der Waals surface area contributed by atoms with Crippen molar-refractivity contribution >= 4 is 0 Å². The van der Waals surface area contributed by atoms with Gasteiger partial charge in [0.2, 0.25) is 0 Å². The van der Waals surface area contributed by atoms with Gasteiger partial charge in [-0.3, -0.25) is 4.90 Å². The fraction of sp³-hybridized carbons (Fsp3) is 1.00. The molecular weight excluding hydrogens is 210 g/mol. The predicted octanol–water partition coefficient (Wildman–Crippen LogP) is 1.45. The summed E-state index contributed by atoms with van der Waals surface area (Å²) in [5.41, 5.74) is 0.284. The van der Waals surface area contributed by atoms with E-state index in [4.69, 9.17) is 0 Å². The van der Waals surface area contributed by atoms with Crippen LogP contribution in [0.15, 0.2) is 0 Å². The van der Waals surface area contributed by atoms with E-state index in [1.54, 1.807) is 0 Å². The molecule has 0 aromatic heterocycles. The second kappa shape index (κ2) is 5.68. The second-order valence-corrected chi connectivity index (χ2v) is 6.20. The molecule has 1 aliphatic carbocycles. The molecule has 0 amide bonds. The van der Waals surface area contributed by atoms with Crippen LogP contribution in [0.3, 0.4) is 0 Å². The Morgan fingerprint density at radius 2 is 1.76 bits per heavy atom. The second-order valence-electron chi connectivity index (χ2n) is 6.20. The third-order valence-electron chi connectivity index (χ3n) is 4.88. The molecule has 0 aromatic carbocycles. The van der Waals surface area contributed by atoms with Crippen molar-refractivity contribution in [3.05, 3.63) is 0 Å². The summed E-state index contributed by atoms with van der Waals surface area (Å²) in [5, 5.41) is 7.07. The van der Waals surface area contributed by atoms with Crippen molar-refractivity contribution in [3.63, 3.8) is 0 Å². The van der Waals surface area contributed by atoms with Crippen LogP contribution in [-0.2, 0) is 0 Å². The molecule has 3 heteroatoms. The fourth-order valence-corrected chi connectivity index (χ4v) is 3.89. The number of rotatable bonds is 4. The molecule has 1 atom stereocenters. The maximum Gasteiger partial charge on any atom is 0.0309 e. The first-order valence-electron chi connectivity index (χ1n) is 7.29. The van der Waals surface area contributed by atoms with Gasteiger partial charge in [0.05, 0.1) is 0 Å². The van der Waals surface area contributed by atoms with Crippen LogP contribution in [0.25, 0.3) is 0 Å². The van der Waals surface area contributed by atoms with Gasteiger partial charge >= 0.3 is 0 Å². The summed E-state index contributed by atoms with van der Waals surface area (Å²) in [4.78, 5) is 2.67. The van der Waals surface area contributed by atoms with Gasteiger partial charge in [0, 0.05) is 37.8 Å². The maximum absolute atomic E-state index is 3.62. The van der Waals surface area contributed by atoms with Gasteiger partial charge in [-0.1, -0.05) is 12.8 Å². The van der Waals surface area contributed by atoms with Crippen LogP contribution in [0.2, 0.25) is 0 Å². The van der Waals surface area contributed by atoms with E-state index in [0.29, 0.717) is 6.04 Å². The summed E-state index contributed by atoms with van der Waals surface area (Å²) in [5.74, 6) is 0.880. The lowest BCUT2D eigenvalue weighted by molar-refractivity contribution is 0.0494. The monoisotopic (exact) mass is 239 g/mol. The average Bonchev–Trinajstić information content (AvgIpc) is 2.84. The van der Waals surface area contributed by atoms with E-state index in [1.807, 2.05) is 0 Å². The van der Waals surface area contributed by atoms with E-state index in [-0.39, 0.29) is 5.54 Å². The first kappa shape index (κ1) is 13.3. The van der Waals surface area contributed by atoms with Gasteiger partial charge in [-0.2, -0.15) is 0 Å². The minimum Gasteiger partial charge on any atom is -0.315 e. The number of likely N-dealkylation sites (N-methyl/N-ethyl adjacent to an activating group) is 1. The topological polar surface area (TPSA) is 27.3 Å². The molecule has 1 aliphatic heterocycles. The third kappa shape index (κ3) is 2.83. The van der Waals surface area contributed by atoms with Crippen LogP contribution in [0, 0.1) is 5.92 Å². The molecule has 0 aromatic rings.